The zero-order chi connectivity index (χ0) is 15.0. The molecule has 0 radical (unpaired) electrons. The molecule has 3 N–H and O–H groups in total. The number of nitrogen functional groups attached to an aromatic ring is 1. The van der Waals surface area contributed by atoms with Gasteiger partial charge in [-0.15, -0.1) is 0 Å². The molecule has 3 aromatic rings. The first-order chi connectivity index (χ1) is 10.0. The number of aryl methyl sites for hydroxylation is 1. The zero-order valence-electron chi connectivity index (χ0n) is 11.2. The molecule has 106 valence electrons. The van der Waals surface area contributed by atoms with Crippen LogP contribution in [0.3, 0.4) is 0 Å². The first kappa shape index (κ1) is 14.0. The van der Waals surface area contributed by atoms with E-state index in [1.54, 1.807) is 18.2 Å². The molecule has 0 aliphatic carbocycles. The quantitative estimate of drug-likeness (QED) is 0.672. The lowest BCUT2D eigenvalue weighted by molar-refractivity contribution is 0.102. The predicted octanol–water partition coefficient (Wildman–Crippen LogP) is 4.20. The molecule has 0 saturated heterocycles. The second-order valence-corrected chi connectivity index (χ2v) is 6.57. The van der Waals surface area contributed by atoms with E-state index in [-0.39, 0.29) is 5.91 Å². The molecule has 1 aromatic heterocycles. The molecular weight excluding hydrogens is 350 g/mol. The molecule has 21 heavy (non-hydrogen) atoms. The van der Waals surface area contributed by atoms with Crippen LogP contribution in [-0.2, 0) is 0 Å². The van der Waals surface area contributed by atoms with Crippen molar-refractivity contribution in [3.63, 3.8) is 0 Å². The van der Waals surface area contributed by atoms with Crippen LogP contribution in [0.5, 0.6) is 0 Å². The summed E-state index contributed by atoms with van der Waals surface area (Å²) in [6.07, 6.45) is 0. The molecule has 0 bridgehead atoms. The molecule has 0 aliphatic heterocycles. The number of benzene rings is 2. The molecule has 2 aromatic carbocycles. The molecule has 1 amide bonds. The Kier molecular flexibility index (Phi) is 3.65. The lowest BCUT2D eigenvalue weighted by atomic mass is 10.2. The summed E-state index contributed by atoms with van der Waals surface area (Å²) >= 11 is 4.78. The van der Waals surface area contributed by atoms with Crippen molar-refractivity contribution in [1.29, 1.82) is 0 Å². The number of fused-ring (bicyclic) bond motifs is 1. The van der Waals surface area contributed by atoms with Gasteiger partial charge in [0.15, 0.2) is 5.13 Å². The third kappa shape index (κ3) is 2.91. The smallest absolute Gasteiger partial charge is 0.257 e. The Morgan fingerprint density at radius 2 is 2.10 bits per heavy atom. The van der Waals surface area contributed by atoms with Gasteiger partial charge >= 0.3 is 0 Å². The number of nitrogens with zero attached hydrogens (tertiary/aromatic N) is 1. The van der Waals surface area contributed by atoms with Crippen molar-refractivity contribution in [1.82, 2.24) is 4.98 Å². The molecule has 1 heterocycles. The summed E-state index contributed by atoms with van der Waals surface area (Å²) in [5.41, 5.74) is 8.91. The summed E-state index contributed by atoms with van der Waals surface area (Å²) in [6.45, 7) is 2.03. The number of thiazole rings is 1. The van der Waals surface area contributed by atoms with Gasteiger partial charge in [-0.2, -0.15) is 0 Å². The Morgan fingerprint density at radius 1 is 1.29 bits per heavy atom. The Bertz CT molecular complexity index is 844. The maximum atomic E-state index is 12.2. The number of hydrogen-bond acceptors (Lipinski definition) is 4. The second-order valence-electron chi connectivity index (χ2n) is 4.68. The minimum absolute atomic E-state index is 0.202. The monoisotopic (exact) mass is 361 g/mol. The number of carbonyl (C=O) groups is 1. The van der Waals surface area contributed by atoms with Crippen LogP contribution in [0.25, 0.3) is 10.2 Å². The number of amides is 1. The van der Waals surface area contributed by atoms with Gasteiger partial charge in [-0.25, -0.2) is 4.98 Å². The summed E-state index contributed by atoms with van der Waals surface area (Å²) in [6, 6.07) is 11.1. The fourth-order valence-corrected chi connectivity index (χ4v) is 3.26. The Morgan fingerprint density at radius 3 is 2.86 bits per heavy atom. The Balaban J connectivity index is 1.87. The van der Waals surface area contributed by atoms with Crippen molar-refractivity contribution >= 4 is 54.2 Å². The Labute approximate surface area is 134 Å². The van der Waals surface area contributed by atoms with Crippen molar-refractivity contribution in [3.05, 3.63) is 52.0 Å². The fourth-order valence-electron chi connectivity index (χ4n) is 1.92. The summed E-state index contributed by atoms with van der Waals surface area (Å²) in [7, 11) is 0. The van der Waals surface area contributed by atoms with Crippen LogP contribution in [0.4, 0.5) is 10.8 Å². The van der Waals surface area contributed by atoms with Gasteiger partial charge in [0.1, 0.15) is 0 Å². The molecule has 0 fully saturated rings. The van der Waals surface area contributed by atoms with Crippen LogP contribution in [0.1, 0.15) is 15.9 Å². The minimum atomic E-state index is -0.202. The number of rotatable bonds is 2. The van der Waals surface area contributed by atoms with Crippen molar-refractivity contribution in [2.75, 3.05) is 11.1 Å². The van der Waals surface area contributed by atoms with Gasteiger partial charge in [0, 0.05) is 15.7 Å². The average molecular weight is 362 g/mol. The molecule has 0 spiro atoms. The highest BCUT2D eigenvalue weighted by atomic mass is 79.9. The van der Waals surface area contributed by atoms with Crippen molar-refractivity contribution in [3.8, 4) is 0 Å². The molecular formula is C15H12BrN3OS. The number of aromatic nitrogens is 1. The third-order valence-corrected chi connectivity index (χ3v) is 4.65. The van der Waals surface area contributed by atoms with Crippen molar-refractivity contribution in [2.45, 2.75) is 6.92 Å². The highest BCUT2D eigenvalue weighted by Gasteiger charge is 2.11. The SMILES string of the molecule is Cc1ccc2nc(NC(=O)c3ccc(N)c(Br)c3)sc2c1. The van der Waals surface area contributed by atoms with E-state index in [1.165, 1.54) is 16.9 Å². The van der Waals surface area contributed by atoms with Gasteiger partial charge in [-0.1, -0.05) is 17.4 Å². The average Bonchev–Trinajstić information content (AvgIpc) is 2.83. The van der Waals surface area contributed by atoms with Gasteiger partial charge in [-0.05, 0) is 58.7 Å². The van der Waals surface area contributed by atoms with Crippen LogP contribution < -0.4 is 11.1 Å². The van der Waals surface area contributed by atoms with Gasteiger partial charge in [0.25, 0.3) is 5.91 Å². The molecule has 0 aliphatic rings. The number of nitrogens with one attached hydrogen (secondary N) is 1. The molecule has 0 atom stereocenters. The maximum Gasteiger partial charge on any atom is 0.257 e. The highest BCUT2D eigenvalue weighted by molar-refractivity contribution is 9.10. The van der Waals surface area contributed by atoms with E-state index in [9.17, 15) is 4.79 Å². The van der Waals surface area contributed by atoms with Gasteiger partial charge < -0.3 is 5.73 Å². The predicted molar refractivity (Wildman–Crippen MR) is 90.9 cm³/mol. The van der Waals surface area contributed by atoms with E-state index >= 15 is 0 Å². The molecule has 3 rings (SSSR count). The van der Waals surface area contributed by atoms with Crippen LogP contribution in [0.2, 0.25) is 0 Å². The maximum absolute atomic E-state index is 12.2. The van der Waals surface area contributed by atoms with E-state index in [1.807, 2.05) is 19.1 Å². The number of carbonyl (C=O) groups excluding carboxylic acids is 1. The van der Waals surface area contributed by atoms with Crippen molar-refractivity contribution in [2.24, 2.45) is 0 Å². The standard InChI is InChI=1S/C15H12BrN3OS/c1-8-2-5-12-13(6-8)21-15(18-12)19-14(20)9-3-4-11(17)10(16)7-9/h2-7H,17H2,1H3,(H,18,19,20). The molecule has 0 unspecified atom stereocenters. The van der Waals surface area contributed by atoms with E-state index in [2.05, 4.69) is 32.3 Å². The lowest BCUT2D eigenvalue weighted by Gasteiger charge is -2.03. The zero-order valence-corrected chi connectivity index (χ0v) is 13.6. The van der Waals surface area contributed by atoms with E-state index < -0.39 is 0 Å². The Hall–Kier alpha value is -1.92. The van der Waals surface area contributed by atoms with Gasteiger partial charge in [-0.3, -0.25) is 10.1 Å². The number of anilines is 2. The number of hydrogen-bond donors (Lipinski definition) is 2. The van der Waals surface area contributed by atoms with Crippen LogP contribution in [-0.4, -0.2) is 10.9 Å². The third-order valence-electron chi connectivity index (χ3n) is 3.03. The van der Waals surface area contributed by atoms with Crippen LogP contribution >= 0.6 is 27.3 Å². The van der Waals surface area contributed by atoms with Crippen LogP contribution in [0.15, 0.2) is 40.9 Å². The number of nitrogens with two attached hydrogens (primary N) is 1. The van der Waals surface area contributed by atoms with E-state index in [4.69, 9.17) is 5.73 Å². The molecule has 0 saturated carbocycles. The van der Waals surface area contributed by atoms with Crippen molar-refractivity contribution < 1.29 is 4.79 Å². The summed E-state index contributed by atoms with van der Waals surface area (Å²) in [5, 5.41) is 3.41. The fraction of sp³-hybridized carbons (Fsp3) is 0.0667. The van der Waals surface area contributed by atoms with Gasteiger partial charge in [0.2, 0.25) is 0 Å². The largest absolute Gasteiger partial charge is 0.398 e. The minimum Gasteiger partial charge on any atom is -0.398 e. The number of halogens is 1. The topological polar surface area (TPSA) is 68.0 Å². The summed E-state index contributed by atoms with van der Waals surface area (Å²) in [5.74, 6) is -0.202. The molecule has 6 heteroatoms. The summed E-state index contributed by atoms with van der Waals surface area (Å²) < 4.78 is 1.76. The van der Waals surface area contributed by atoms with Gasteiger partial charge in [0.05, 0.1) is 10.2 Å². The first-order valence-corrected chi connectivity index (χ1v) is 7.87. The summed E-state index contributed by atoms with van der Waals surface area (Å²) in [4.78, 5) is 16.6. The highest BCUT2D eigenvalue weighted by Crippen LogP contribution is 2.27. The molecule has 4 nitrogen and oxygen atoms in total. The van der Waals surface area contributed by atoms with E-state index in [0.29, 0.717) is 20.9 Å². The van der Waals surface area contributed by atoms with Crippen LogP contribution in [0, 0.1) is 6.92 Å². The second kappa shape index (κ2) is 5.46. The lowest BCUT2D eigenvalue weighted by Crippen LogP contribution is -2.11. The normalized spacial score (nSPS) is 10.8. The van der Waals surface area contributed by atoms with E-state index in [0.717, 1.165) is 10.2 Å². The first-order valence-electron chi connectivity index (χ1n) is 6.26.